The van der Waals surface area contributed by atoms with Gasteiger partial charge in [-0.2, -0.15) is 0 Å². The van der Waals surface area contributed by atoms with E-state index in [0.29, 0.717) is 6.42 Å². The van der Waals surface area contributed by atoms with Gasteiger partial charge in [0.15, 0.2) is 0 Å². The molecule has 0 aromatic heterocycles. The van der Waals surface area contributed by atoms with Crippen LogP contribution in [0.5, 0.6) is 0 Å². The van der Waals surface area contributed by atoms with E-state index in [9.17, 15) is 5.11 Å². The van der Waals surface area contributed by atoms with Gasteiger partial charge in [-0.15, -0.1) is 6.42 Å². The first-order valence-corrected chi connectivity index (χ1v) is 2.99. The summed E-state index contributed by atoms with van der Waals surface area (Å²) in [4.78, 5) is 0. The average molecular weight is 128 g/mol. The van der Waals surface area contributed by atoms with Crippen molar-refractivity contribution in [1.29, 1.82) is 0 Å². The van der Waals surface area contributed by atoms with Crippen LogP contribution in [0.15, 0.2) is 0 Å². The zero-order chi connectivity index (χ0) is 7.33. The van der Waals surface area contributed by atoms with Gasteiger partial charge in [-0.3, -0.25) is 0 Å². The van der Waals surface area contributed by atoms with Crippen molar-refractivity contribution < 1.29 is 10.2 Å². The molecule has 1 atom stereocenters. The third-order valence-corrected chi connectivity index (χ3v) is 1.38. The molecule has 0 aliphatic heterocycles. The summed E-state index contributed by atoms with van der Waals surface area (Å²) < 4.78 is 0. The summed E-state index contributed by atoms with van der Waals surface area (Å²) in [5.41, 5.74) is -1.09. The first kappa shape index (κ1) is 8.48. The number of hydrogen-bond acceptors (Lipinski definition) is 2. The maximum atomic E-state index is 9.23. The molecule has 0 saturated heterocycles. The van der Waals surface area contributed by atoms with Crippen molar-refractivity contribution in [2.24, 2.45) is 0 Å². The van der Waals surface area contributed by atoms with Crippen molar-refractivity contribution >= 4 is 0 Å². The fraction of sp³-hybridized carbons (Fsp3) is 0.714. The van der Waals surface area contributed by atoms with E-state index in [1.807, 2.05) is 0 Å². The van der Waals surface area contributed by atoms with Crippen LogP contribution >= 0.6 is 0 Å². The Morgan fingerprint density at radius 1 is 1.67 bits per heavy atom. The largest absolute Gasteiger partial charge is 0.396 e. The molecule has 0 aromatic carbocycles. The molecule has 0 aliphatic rings. The van der Waals surface area contributed by atoms with Gasteiger partial charge in [-0.25, -0.2) is 0 Å². The normalized spacial score (nSPS) is 16.2. The van der Waals surface area contributed by atoms with Crippen molar-refractivity contribution in [1.82, 2.24) is 0 Å². The Morgan fingerprint density at radius 2 is 2.22 bits per heavy atom. The van der Waals surface area contributed by atoms with E-state index in [-0.39, 0.29) is 13.0 Å². The van der Waals surface area contributed by atoms with Crippen LogP contribution in [0.4, 0.5) is 0 Å². The van der Waals surface area contributed by atoms with Gasteiger partial charge in [0, 0.05) is 13.0 Å². The Balaban J connectivity index is 3.81. The Kier molecular flexibility index (Phi) is 3.29. The van der Waals surface area contributed by atoms with Crippen LogP contribution < -0.4 is 0 Å². The second kappa shape index (κ2) is 3.49. The third kappa shape index (κ3) is 2.50. The molecule has 2 nitrogen and oxygen atoms in total. The van der Waals surface area contributed by atoms with E-state index in [4.69, 9.17) is 11.5 Å². The fourth-order valence-electron chi connectivity index (χ4n) is 0.536. The Morgan fingerprint density at radius 3 is 2.33 bits per heavy atom. The lowest BCUT2D eigenvalue weighted by molar-refractivity contribution is 0.0668. The lowest BCUT2D eigenvalue weighted by Crippen LogP contribution is -2.26. The summed E-state index contributed by atoms with van der Waals surface area (Å²) >= 11 is 0. The summed E-state index contributed by atoms with van der Waals surface area (Å²) in [5.74, 6) is 2.22. The Hall–Kier alpha value is -0.520. The predicted molar refractivity (Wildman–Crippen MR) is 35.8 cm³/mol. The van der Waals surface area contributed by atoms with Crippen LogP contribution in [0.25, 0.3) is 0 Å². The molecule has 0 aliphatic carbocycles. The van der Waals surface area contributed by atoms with E-state index in [1.54, 1.807) is 6.92 Å². The van der Waals surface area contributed by atoms with Crippen LogP contribution in [0, 0.1) is 12.3 Å². The predicted octanol–water partition coefficient (Wildman–Crippen LogP) is 0.143. The molecule has 0 saturated carbocycles. The molecule has 0 bridgehead atoms. The minimum Gasteiger partial charge on any atom is -0.396 e. The smallest absolute Gasteiger partial charge is 0.127 e. The third-order valence-electron chi connectivity index (χ3n) is 1.38. The van der Waals surface area contributed by atoms with Gasteiger partial charge in [0.2, 0.25) is 0 Å². The zero-order valence-electron chi connectivity index (χ0n) is 5.59. The van der Waals surface area contributed by atoms with Crippen LogP contribution in [-0.2, 0) is 0 Å². The monoisotopic (exact) mass is 128 g/mol. The molecule has 2 N–H and O–H groups in total. The Bertz CT molecular complexity index is 115. The molecule has 0 rings (SSSR count). The van der Waals surface area contributed by atoms with Gasteiger partial charge in [-0.05, 0) is 6.42 Å². The fourth-order valence-corrected chi connectivity index (χ4v) is 0.536. The number of aliphatic hydroxyl groups excluding tert-OH is 1. The van der Waals surface area contributed by atoms with Gasteiger partial charge in [0.05, 0.1) is 0 Å². The molecule has 0 aromatic rings. The molecule has 0 heterocycles. The molecule has 0 fully saturated rings. The molecule has 52 valence electrons. The second-order valence-electron chi connectivity index (χ2n) is 2.00. The van der Waals surface area contributed by atoms with Gasteiger partial charge in [0.25, 0.3) is 0 Å². The molecule has 0 radical (unpaired) electrons. The summed E-state index contributed by atoms with van der Waals surface area (Å²) in [6.45, 7) is 1.73. The van der Waals surface area contributed by atoms with Gasteiger partial charge >= 0.3 is 0 Å². The quantitative estimate of drug-likeness (QED) is 0.531. The summed E-state index contributed by atoms with van der Waals surface area (Å²) in [7, 11) is 0. The van der Waals surface area contributed by atoms with Gasteiger partial charge < -0.3 is 10.2 Å². The standard InChI is InChI=1S/C7H12O2/c1-3-7(9,4-2)5-6-8/h1,8-9H,4-6H2,2H3. The SMILES string of the molecule is C#CC(O)(CC)CCO. The van der Waals surface area contributed by atoms with E-state index >= 15 is 0 Å². The molecular formula is C7H12O2. The number of terminal acetylenes is 1. The van der Waals surface area contributed by atoms with Crippen molar-refractivity contribution in [3.8, 4) is 12.3 Å². The molecule has 1 unspecified atom stereocenters. The lowest BCUT2D eigenvalue weighted by Gasteiger charge is -2.17. The minimum atomic E-state index is -1.09. The molecule has 9 heavy (non-hydrogen) atoms. The Labute approximate surface area is 55.5 Å². The highest BCUT2D eigenvalue weighted by atomic mass is 16.3. The highest BCUT2D eigenvalue weighted by Crippen LogP contribution is 2.11. The van der Waals surface area contributed by atoms with Crippen molar-refractivity contribution in [2.75, 3.05) is 6.61 Å². The minimum absolute atomic E-state index is 0.0610. The van der Waals surface area contributed by atoms with E-state index in [0.717, 1.165) is 0 Å². The highest BCUT2D eigenvalue weighted by Gasteiger charge is 2.19. The van der Waals surface area contributed by atoms with Crippen molar-refractivity contribution in [3.63, 3.8) is 0 Å². The van der Waals surface area contributed by atoms with E-state index in [2.05, 4.69) is 5.92 Å². The summed E-state index contributed by atoms with van der Waals surface area (Å²) in [6.07, 6.45) is 5.75. The van der Waals surface area contributed by atoms with Crippen molar-refractivity contribution in [3.05, 3.63) is 0 Å². The molecule has 0 amide bonds. The average Bonchev–Trinajstić information content (AvgIpc) is 1.89. The van der Waals surface area contributed by atoms with Crippen molar-refractivity contribution in [2.45, 2.75) is 25.4 Å². The van der Waals surface area contributed by atoms with Crippen LogP contribution in [-0.4, -0.2) is 22.4 Å². The second-order valence-corrected chi connectivity index (χ2v) is 2.00. The maximum Gasteiger partial charge on any atom is 0.127 e. The highest BCUT2D eigenvalue weighted by molar-refractivity contribution is 5.06. The van der Waals surface area contributed by atoms with Crippen LogP contribution in [0.2, 0.25) is 0 Å². The first-order valence-electron chi connectivity index (χ1n) is 2.99. The number of rotatable bonds is 3. The van der Waals surface area contributed by atoms with Gasteiger partial charge in [0.1, 0.15) is 5.60 Å². The topological polar surface area (TPSA) is 40.5 Å². The molecular weight excluding hydrogens is 116 g/mol. The maximum absolute atomic E-state index is 9.23. The first-order chi connectivity index (χ1) is 4.18. The van der Waals surface area contributed by atoms with E-state index in [1.165, 1.54) is 0 Å². The zero-order valence-corrected chi connectivity index (χ0v) is 5.59. The lowest BCUT2D eigenvalue weighted by atomic mass is 9.99. The summed E-state index contributed by atoms with van der Waals surface area (Å²) in [6, 6.07) is 0. The van der Waals surface area contributed by atoms with Crippen LogP contribution in [0.1, 0.15) is 19.8 Å². The number of aliphatic hydroxyl groups is 2. The molecule has 0 spiro atoms. The molecule has 2 heteroatoms. The number of hydrogen-bond donors (Lipinski definition) is 2. The van der Waals surface area contributed by atoms with Crippen LogP contribution in [0.3, 0.4) is 0 Å². The van der Waals surface area contributed by atoms with E-state index < -0.39 is 5.60 Å². The van der Waals surface area contributed by atoms with Gasteiger partial charge in [-0.1, -0.05) is 12.8 Å². The summed E-state index contributed by atoms with van der Waals surface area (Å²) in [5, 5.41) is 17.6.